The molecule has 1 unspecified atom stereocenters. The van der Waals surface area contributed by atoms with Crippen molar-refractivity contribution in [1.29, 1.82) is 0 Å². The summed E-state index contributed by atoms with van der Waals surface area (Å²) in [5.74, 6) is 0. The maximum atomic E-state index is 6.06. The normalized spacial score (nSPS) is 12.5. The van der Waals surface area contributed by atoms with E-state index < -0.39 is 0 Å². The predicted octanol–water partition coefficient (Wildman–Crippen LogP) is 6.10. The van der Waals surface area contributed by atoms with Crippen molar-refractivity contribution in [2.75, 3.05) is 5.32 Å². The maximum absolute atomic E-state index is 6.06. The van der Waals surface area contributed by atoms with Crippen LogP contribution in [0.15, 0.2) is 38.6 Å². The van der Waals surface area contributed by atoms with E-state index in [1.54, 1.807) is 11.3 Å². The van der Waals surface area contributed by atoms with E-state index in [0.717, 1.165) is 14.6 Å². The van der Waals surface area contributed by atoms with E-state index in [2.05, 4.69) is 55.5 Å². The Kier molecular flexibility index (Phi) is 4.53. The van der Waals surface area contributed by atoms with Crippen molar-refractivity contribution in [2.24, 2.45) is 0 Å². The van der Waals surface area contributed by atoms with Crippen LogP contribution < -0.4 is 5.32 Å². The molecular weight excluding hydrogens is 385 g/mol. The molecule has 0 bridgehead atoms. The first-order valence-electron chi connectivity index (χ1n) is 5.03. The van der Waals surface area contributed by atoms with Crippen molar-refractivity contribution in [1.82, 2.24) is 0 Å². The summed E-state index contributed by atoms with van der Waals surface area (Å²) >= 11 is 14.8. The number of hydrogen-bond donors (Lipinski definition) is 1. The molecule has 0 aliphatic rings. The van der Waals surface area contributed by atoms with E-state index in [1.807, 2.05) is 18.2 Å². The van der Waals surface area contributed by atoms with E-state index >= 15 is 0 Å². The van der Waals surface area contributed by atoms with Crippen molar-refractivity contribution < 1.29 is 0 Å². The Morgan fingerprint density at radius 1 is 1.29 bits per heavy atom. The molecule has 1 aromatic carbocycles. The zero-order valence-electron chi connectivity index (χ0n) is 9.01. The molecule has 0 amide bonds. The molecule has 1 nitrogen and oxygen atoms in total. The minimum Gasteiger partial charge on any atom is -0.377 e. The summed E-state index contributed by atoms with van der Waals surface area (Å²) < 4.78 is 2.04. The molecule has 0 saturated heterocycles. The molecule has 2 aromatic rings. The molecule has 17 heavy (non-hydrogen) atoms. The van der Waals surface area contributed by atoms with E-state index in [0.29, 0.717) is 5.02 Å². The van der Waals surface area contributed by atoms with Gasteiger partial charge in [-0.2, -0.15) is 0 Å². The highest BCUT2D eigenvalue weighted by Crippen LogP contribution is 2.35. The Labute approximate surface area is 126 Å². The average molecular weight is 396 g/mol. The molecule has 1 aromatic heterocycles. The van der Waals surface area contributed by atoms with Crippen molar-refractivity contribution in [3.8, 4) is 0 Å². The third-order valence-electron chi connectivity index (χ3n) is 2.36. The Morgan fingerprint density at radius 3 is 2.71 bits per heavy atom. The zero-order valence-corrected chi connectivity index (χ0v) is 13.8. The topological polar surface area (TPSA) is 12.0 Å². The van der Waals surface area contributed by atoms with Gasteiger partial charge in [0.1, 0.15) is 0 Å². The fourth-order valence-corrected chi connectivity index (χ4v) is 3.81. The quantitative estimate of drug-likeness (QED) is 0.662. The molecule has 0 aliphatic carbocycles. The lowest BCUT2D eigenvalue weighted by Gasteiger charge is -2.16. The third-order valence-corrected chi connectivity index (χ3v) is 5.81. The van der Waals surface area contributed by atoms with Crippen molar-refractivity contribution >= 4 is 60.5 Å². The largest absolute Gasteiger partial charge is 0.377 e. The molecule has 0 fully saturated rings. The van der Waals surface area contributed by atoms with Crippen LogP contribution in [0.5, 0.6) is 0 Å². The van der Waals surface area contributed by atoms with Crippen LogP contribution in [0.2, 0.25) is 5.02 Å². The first-order chi connectivity index (χ1) is 8.09. The van der Waals surface area contributed by atoms with Gasteiger partial charge in [0.15, 0.2) is 0 Å². The van der Waals surface area contributed by atoms with Gasteiger partial charge in [0, 0.05) is 9.35 Å². The molecular formula is C12H10Br2ClNS. The molecule has 5 heteroatoms. The van der Waals surface area contributed by atoms with Gasteiger partial charge in [-0.1, -0.05) is 17.7 Å². The van der Waals surface area contributed by atoms with Crippen LogP contribution in [-0.2, 0) is 0 Å². The van der Waals surface area contributed by atoms with Gasteiger partial charge < -0.3 is 5.32 Å². The summed E-state index contributed by atoms with van der Waals surface area (Å²) in [7, 11) is 0. The lowest BCUT2D eigenvalue weighted by Crippen LogP contribution is -2.05. The number of halogens is 3. The summed E-state index contributed by atoms with van der Waals surface area (Å²) in [5.41, 5.74) is 1.00. The molecule has 0 radical (unpaired) electrons. The second kappa shape index (κ2) is 5.74. The Hall–Kier alpha value is -0.0300. The molecule has 0 aliphatic heterocycles. The second-order valence-corrected chi connectivity index (χ2v) is 6.60. The van der Waals surface area contributed by atoms with Gasteiger partial charge in [-0.05, 0) is 62.4 Å². The van der Waals surface area contributed by atoms with Crippen molar-refractivity contribution in [2.45, 2.75) is 13.0 Å². The highest BCUT2D eigenvalue weighted by molar-refractivity contribution is 9.11. The minimum absolute atomic E-state index is 0.235. The van der Waals surface area contributed by atoms with Gasteiger partial charge >= 0.3 is 0 Å². The van der Waals surface area contributed by atoms with E-state index in [1.165, 1.54) is 4.88 Å². The SMILES string of the molecule is CC(Nc1cccc(Cl)c1Br)c1sccc1Br. The number of anilines is 1. The number of benzene rings is 1. The molecule has 90 valence electrons. The maximum Gasteiger partial charge on any atom is 0.0593 e. The summed E-state index contributed by atoms with van der Waals surface area (Å²) in [6.45, 7) is 2.13. The van der Waals surface area contributed by atoms with E-state index in [-0.39, 0.29) is 6.04 Å². The first kappa shape index (κ1) is 13.4. The lowest BCUT2D eigenvalue weighted by atomic mass is 10.2. The van der Waals surface area contributed by atoms with Crippen LogP contribution in [0, 0.1) is 0 Å². The molecule has 1 heterocycles. The molecule has 2 rings (SSSR count). The van der Waals surface area contributed by atoms with Gasteiger partial charge in [0.25, 0.3) is 0 Å². The minimum atomic E-state index is 0.235. The highest BCUT2D eigenvalue weighted by Gasteiger charge is 2.12. The zero-order chi connectivity index (χ0) is 12.4. The number of hydrogen-bond acceptors (Lipinski definition) is 2. The van der Waals surface area contributed by atoms with Crippen LogP contribution >= 0.6 is 54.8 Å². The predicted molar refractivity (Wildman–Crippen MR) is 83.2 cm³/mol. The van der Waals surface area contributed by atoms with Crippen LogP contribution in [0.25, 0.3) is 0 Å². The van der Waals surface area contributed by atoms with E-state index in [9.17, 15) is 0 Å². The Bertz CT molecular complexity index is 527. The summed E-state index contributed by atoms with van der Waals surface area (Å²) in [4.78, 5) is 1.27. The molecule has 0 saturated carbocycles. The standard InChI is InChI=1S/C12H10Br2ClNS/c1-7(12-8(13)5-6-17-12)16-10-4-2-3-9(15)11(10)14/h2-7,16H,1H3. The molecule has 0 spiro atoms. The Morgan fingerprint density at radius 2 is 2.06 bits per heavy atom. The van der Waals surface area contributed by atoms with Crippen molar-refractivity contribution in [3.63, 3.8) is 0 Å². The lowest BCUT2D eigenvalue weighted by molar-refractivity contribution is 0.902. The smallest absolute Gasteiger partial charge is 0.0593 e. The first-order valence-corrected chi connectivity index (χ1v) is 7.87. The van der Waals surface area contributed by atoms with Crippen LogP contribution in [0.3, 0.4) is 0 Å². The second-order valence-electron chi connectivity index (χ2n) is 3.60. The van der Waals surface area contributed by atoms with Gasteiger partial charge in [0.2, 0.25) is 0 Å². The number of nitrogens with one attached hydrogen (secondary N) is 1. The van der Waals surface area contributed by atoms with Crippen molar-refractivity contribution in [3.05, 3.63) is 48.5 Å². The third kappa shape index (κ3) is 3.05. The highest BCUT2D eigenvalue weighted by atomic mass is 79.9. The summed E-state index contributed by atoms with van der Waals surface area (Å²) in [6, 6.07) is 8.10. The molecule has 1 N–H and O–H groups in total. The monoisotopic (exact) mass is 393 g/mol. The number of thiophene rings is 1. The summed E-state index contributed by atoms with van der Waals surface area (Å²) in [6.07, 6.45) is 0. The molecule has 1 atom stereocenters. The summed E-state index contributed by atoms with van der Waals surface area (Å²) in [5, 5.41) is 6.23. The fourth-order valence-electron chi connectivity index (χ4n) is 1.53. The van der Waals surface area contributed by atoms with Crippen LogP contribution in [0.4, 0.5) is 5.69 Å². The Balaban J connectivity index is 2.22. The van der Waals surface area contributed by atoms with Gasteiger partial charge in [-0.15, -0.1) is 11.3 Å². The van der Waals surface area contributed by atoms with Crippen LogP contribution in [0.1, 0.15) is 17.8 Å². The van der Waals surface area contributed by atoms with Gasteiger partial charge in [-0.3, -0.25) is 0 Å². The van der Waals surface area contributed by atoms with E-state index in [4.69, 9.17) is 11.6 Å². The average Bonchev–Trinajstić information content (AvgIpc) is 2.71. The fraction of sp³-hybridized carbons (Fsp3) is 0.167. The number of rotatable bonds is 3. The van der Waals surface area contributed by atoms with Gasteiger partial charge in [-0.25, -0.2) is 0 Å². The van der Waals surface area contributed by atoms with Crippen LogP contribution in [-0.4, -0.2) is 0 Å². The van der Waals surface area contributed by atoms with Gasteiger partial charge in [0.05, 0.1) is 21.2 Å².